The predicted molar refractivity (Wildman–Crippen MR) is 51.8 cm³/mol. The molecule has 2 fully saturated rings. The van der Waals surface area contributed by atoms with Crippen LogP contribution >= 0.6 is 0 Å². The summed E-state index contributed by atoms with van der Waals surface area (Å²) in [5, 5.41) is 0. The lowest BCUT2D eigenvalue weighted by molar-refractivity contribution is -0.131. The largest absolute Gasteiger partial charge is 0.330 e. The Balaban J connectivity index is 2.09. The molecule has 0 aromatic carbocycles. The molecule has 4 nitrogen and oxygen atoms in total. The van der Waals surface area contributed by atoms with E-state index in [4.69, 9.17) is 0 Å². The lowest BCUT2D eigenvalue weighted by Gasteiger charge is -2.38. The third kappa shape index (κ3) is 1.43. The van der Waals surface area contributed by atoms with Gasteiger partial charge in [-0.25, -0.2) is 0 Å². The molecule has 78 valence electrons. The van der Waals surface area contributed by atoms with E-state index in [0.29, 0.717) is 12.6 Å². The summed E-state index contributed by atoms with van der Waals surface area (Å²) in [4.78, 5) is 26.9. The van der Waals surface area contributed by atoms with Gasteiger partial charge in [0, 0.05) is 25.7 Å². The lowest BCUT2D eigenvalue weighted by Crippen LogP contribution is -2.54. The van der Waals surface area contributed by atoms with E-state index in [2.05, 4.69) is 18.7 Å². The van der Waals surface area contributed by atoms with E-state index in [0.717, 1.165) is 13.1 Å². The van der Waals surface area contributed by atoms with Crippen molar-refractivity contribution in [1.29, 1.82) is 0 Å². The van der Waals surface area contributed by atoms with E-state index in [-0.39, 0.29) is 24.2 Å². The monoisotopic (exact) mass is 196 g/mol. The summed E-state index contributed by atoms with van der Waals surface area (Å²) in [6, 6.07) is 0.305. The zero-order valence-corrected chi connectivity index (χ0v) is 8.69. The van der Waals surface area contributed by atoms with E-state index in [1.807, 2.05) is 0 Å². The van der Waals surface area contributed by atoms with Gasteiger partial charge < -0.3 is 4.90 Å². The highest BCUT2D eigenvalue weighted by Gasteiger charge is 2.41. The average molecular weight is 196 g/mol. The molecule has 0 aliphatic carbocycles. The van der Waals surface area contributed by atoms with Crippen LogP contribution < -0.4 is 0 Å². The number of carbonyl (C=O) groups excluding carboxylic acids is 2. The second-order valence-electron chi connectivity index (χ2n) is 4.33. The molecule has 14 heavy (non-hydrogen) atoms. The van der Waals surface area contributed by atoms with E-state index < -0.39 is 0 Å². The van der Waals surface area contributed by atoms with E-state index in [9.17, 15) is 9.59 Å². The highest BCUT2D eigenvalue weighted by Crippen LogP contribution is 2.21. The minimum absolute atomic E-state index is 0.0170. The van der Waals surface area contributed by atoms with Gasteiger partial charge in [-0.05, 0) is 13.8 Å². The molecule has 1 atom stereocenters. The average Bonchev–Trinajstić information content (AvgIpc) is 2.42. The number of piperazine rings is 1. The topological polar surface area (TPSA) is 40.6 Å². The van der Waals surface area contributed by atoms with Crippen molar-refractivity contribution in [3.63, 3.8) is 0 Å². The number of fused-ring (bicyclic) bond motifs is 1. The van der Waals surface area contributed by atoms with Crippen LogP contribution in [0, 0.1) is 0 Å². The van der Waals surface area contributed by atoms with Gasteiger partial charge in [-0.3, -0.25) is 14.5 Å². The van der Waals surface area contributed by atoms with Crippen LogP contribution in [0.2, 0.25) is 0 Å². The van der Waals surface area contributed by atoms with Crippen molar-refractivity contribution >= 4 is 11.7 Å². The minimum Gasteiger partial charge on any atom is -0.330 e. The Hall–Kier alpha value is -0.900. The zero-order valence-electron chi connectivity index (χ0n) is 8.69. The first-order valence-electron chi connectivity index (χ1n) is 5.16. The first-order chi connectivity index (χ1) is 6.59. The summed E-state index contributed by atoms with van der Waals surface area (Å²) in [6.45, 7) is 6.58. The molecule has 0 radical (unpaired) electrons. The summed E-state index contributed by atoms with van der Waals surface area (Å²) in [5.74, 6) is 0.115. The fraction of sp³-hybridized carbons (Fsp3) is 0.800. The van der Waals surface area contributed by atoms with Crippen molar-refractivity contribution in [2.24, 2.45) is 0 Å². The van der Waals surface area contributed by atoms with Gasteiger partial charge in [0.2, 0.25) is 5.91 Å². The number of Topliss-reactive ketones (excluding diaryl/α,β-unsaturated/α-hetero) is 1. The van der Waals surface area contributed by atoms with Gasteiger partial charge in [0.05, 0.1) is 6.42 Å². The normalized spacial score (nSPS) is 28.8. The van der Waals surface area contributed by atoms with Crippen LogP contribution in [0.1, 0.15) is 20.3 Å². The van der Waals surface area contributed by atoms with Crippen LogP contribution in [0.3, 0.4) is 0 Å². The molecule has 2 saturated heterocycles. The molecule has 0 bridgehead atoms. The van der Waals surface area contributed by atoms with Crippen molar-refractivity contribution in [2.45, 2.75) is 32.4 Å². The smallest absolute Gasteiger partial charge is 0.230 e. The van der Waals surface area contributed by atoms with Crippen LogP contribution in [-0.4, -0.2) is 53.2 Å². The fourth-order valence-electron chi connectivity index (χ4n) is 2.22. The van der Waals surface area contributed by atoms with Gasteiger partial charge >= 0.3 is 0 Å². The Kier molecular flexibility index (Phi) is 2.31. The first-order valence-corrected chi connectivity index (χ1v) is 5.16. The van der Waals surface area contributed by atoms with Crippen LogP contribution in [0.15, 0.2) is 0 Å². The van der Waals surface area contributed by atoms with Crippen molar-refractivity contribution in [1.82, 2.24) is 9.80 Å². The maximum atomic E-state index is 11.5. The van der Waals surface area contributed by atoms with Crippen molar-refractivity contribution < 1.29 is 9.59 Å². The molecule has 1 unspecified atom stereocenters. The molecule has 0 aromatic heterocycles. The Morgan fingerprint density at radius 3 is 2.64 bits per heavy atom. The summed E-state index contributed by atoms with van der Waals surface area (Å²) < 4.78 is 0. The van der Waals surface area contributed by atoms with Gasteiger partial charge in [0.15, 0.2) is 5.78 Å². The molecular weight excluding hydrogens is 180 g/mol. The summed E-state index contributed by atoms with van der Waals surface area (Å²) >= 11 is 0. The Morgan fingerprint density at radius 2 is 2.00 bits per heavy atom. The Bertz CT molecular complexity index is 275. The highest BCUT2D eigenvalue weighted by molar-refractivity contribution is 6.07. The Morgan fingerprint density at radius 1 is 1.29 bits per heavy atom. The second kappa shape index (κ2) is 3.35. The maximum absolute atomic E-state index is 11.5. The zero-order chi connectivity index (χ0) is 10.3. The van der Waals surface area contributed by atoms with E-state index >= 15 is 0 Å². The molecule has 0 saturated carbocycles. The number of amides is 1. The van der Waals surface area contributed by atoms with Crippen LogP contribution in [0.25, 0.3) is 0 Å². The second-order valence-corrected chi connectivity index (χ2v) is 4.33. The molecule has 0 spiro atoms. The third-order valence-corrected chi connectivity index (χ3v) is 3.16. The molecule has 4 heteroatoms. The third-order valence-electron chi connectivity index (χ3n) is 3.16. The fourth-order valence-corrected chi connectivity index (χ4v) is 2.22. The van der Waals surface area contributed by atoms with Gasteiger partial charge in [0.1, 0.15) is 6.04 Å². The highest BCUT2D eigenvalue weighted by atomic mass is 16.2. The SMILES string of the molecule is CC(C)N1CCN2C(=O)CC(=O)C2C1. The lowest BCUT2D eigenvalue weighted by atomic mass is 10.1. The molecule has 2 heterocycles. The number of ketones is 1. The molecule has 2 rings (SSSR count). The van der Waals surface area contributed by atoms with E-state index in [1.54, 1.807) is 4.90 Å². The summed E-state index contributed by atoms with van der Waals surface area (Å²) in [5.41, 5.74) is 0. The van der Waals surface area contributed by atoms with Gasteiger partial charge in [-0.1, -0.05) is 0 Å². The summed E-state index contributed by atoms with van der Waals surface area (Å²) in [6.07, 6.45) is 0.122. The molecule has 2 aliphatic rings. The van der Waals surface area contributed by atoms with Crippen molar-refractivity contribution in [3.8, 4) is 0 Å². The molecule has 2 aliphatic heterocycles. The maximum Gasteiger partial charge on any atom is 0.230 e. The van der Waals surface area contributed by atoms with Crippen molar-refractivity contribution in [3.05, 3.63) is 0 Å². The first kappa shape index (κ1) is 9.65. The minimum atomic E-state index is -0.154. The number of carbonyl (C=O) groups is 2. The van der Waals surface area contributed by atoms with Gasteiger partial charge in [0.25, 0.3) is 0 Å². The molecule has 0 N–H and O–H groups in total. The molecular formula is C10H16N2O2. The van der Waals surface area contributed by atoms with Gasteiger partial charge in [-0.2, -0.15) is 0 Å². The number of hydrogen-bond acceptors (Lipinski definition) is 3. The molecule has 1 amide bonds. The number of nitrogens with zero attached hydrogens (tertiary/aromatic N) is 2. The van der Waals surface area contributed by atoms with Crippen LogP contribution in [0.4, 0.5) is 0 Å². The van der Waals surface area contributed by atoms with Gasteiger partial charge in [-0.15, -0.1) is 0 Å². The van der Waals surface area contributed by atoms with Crippen LogP contribution in [-0.2, 0) is 9.59 Å². The standard InChI is InChI=1S/C10H16N2O2/c1-7(2)11-3-4-12-8(6-11)9(13)5-10(12)14/h7-8H,3-6H2,1-2H3. The van der Waals surface area contributed by atoms with Crippen molar-refractivity contribution in [2.75, 3.05) is 19.6 Å². The predicted octanol–water partition coefficient (Wildman–Crippen LogP) is -0.120. The quantitative estimate of drug-likeness (QED) is 0.549. The Labute approximate surface area is 83.9 Å². The summed E-state index contributed by atoms with van der Waals surface area (Å²) in [7, 11) is 0. The van der Waals surface area contributed by atoms with Crippen LogP contribution in [0.5, 0.6) is 0 Å². The number of hydrogen-bond donors (Lipinski definition) is 0. The number of rotatable bonds is 1. The van der Waals surface area contributed by atoms with E-state index in [1.165, 1.54) is 0 Å². The molecule has 0 aromatic rings.